The molecule has 2 aromatic rings. The number of aromatic amines is 1. The van der Waals surface area contributed by atoms with E-state index in [1.807, 2.05) is 0 Å². The molecule has 48 heavy (non-hydrogen) atoms. The van der Waals surface area contributed by atoms with Gasteiger partial charge in [0.05, 0.1) is 17.2 Å². The highest BCUT2D eigenvalue weighted by atomic mass is 35.5. The molecule has 0 bridgehead atoms. The number of aryl methyl sites for hydroxylation is 1. The van der Waals surface area contributed by atoms with E-state index in [-0.39, 0.29) is 33.5 Å². The molecule has 0 spiro atoms. The predicted octanol–water partition coefficient (Wildman–Crippen LogP) is 3.69. The summed E-state index contributed by atoms with van der Waals surface area (Å²) in [5.74, 6) is -1.82. The summed E-state index contributed by atoms with van der Waals surface area (Å²) in [7, 11) is 1.40. The Kier molecular flexibility index (Phi) is 12.9. The molecule has 0 aliphatic carbocycles. The molecule has 0 unspecified atom stereocenters. The standard InChI is InChI=1S/C31H41Cl2FN4O10/c1-9-16-13-38(29(42)37-26(16)40)27-22(34)24(47-28(41)23(14(2)3)36-30(43)48-31(5,6)7)21(46-27)12-35-25(39)15(4)45-20-11-19(44-8)17(32)10-18(20)33/h10-11,13-15,21-24,27H,9,12H2,1-8H3,(H,35,39)(H,36,43)(H,37,40,42)/t15-,21-,22+,23+,24-,27-/m1/s1. The van der Waals surface area contributed by atoms with Gasteiger partial charge in [-0.1, -0.05) is 44.0 Å². The van der Waals surface area contributed by atoms with Crippen LogP contribution in [0.5, 0.6) is 11.5 Å². The van der Waals surface area contributed by atoms with Crippen LogP contribution < -0.4 is 31.4 Å². The molecule has 3 N–H and O–H groups in total. The zero-order valence-electron chi connectivity index (χ0n) is 27.9. The lowest BCUT2D eigenvalue weighted by Crippen LogP contribution is -2.50. The molecular weight excluding hydrogens is 678 g/mol. The van der Waals surface area contributed by atoms with E-state index in [0.717, 1.165) is 4.57 Å². The topological polar surface area (TPSA) is 176 Å². The fourth-order valence-corrected chi connectivity index (χ4v) is 5.18. The molecule has 1 fully saturated rings. The van der Waals surface area contributed by atoms with Crippen molar-refractivity contribution in [2.24, 2.45) is 5.92 Å². The van der Waals surface area contributed by atoms with E-state index in [9.17, 15) is 24.0 Å². The average Bonchev–Trinajstić information content (AvgIpc) is 3.28. The number of halogens is 3. The number of alkyl carbamates (subject to hydrolysis) is 1. The lowest BCUT2D eigenvalue weighted by molar-refractivity contribution is -0.157. The number of H-pyrrole nitrogens is 1. The molecule has 14 nitrogen and oxygen atoms in total. The van der Waals surface area contributed by atoms with Crippen molar-refractivity contribution in [2.75, 3.05) is 13.7 Å². The van der Waals surface area contributed by atoms with Crippen LogP contribution in [0.4, 0.5) is 9.18 Å². The largest absolute Gasteiger partial charge is 0.495 e. The van der Waals surface area contributed by atoms with E-state index in [1.54, 1.807) is 41.5 Å². The van der Waals surface area contributed by atoms with E-state index >= 15 is 4.39 Å². The molecule has 17 heteroatoms. The van der Waals surface area contributed by atoms with E-state index in [1.165, 1.54) is 32.4 Å². The van der Waals surface area contributed by atoms with Crippen molar-refractivity contribution >= 4 is 41.2 Å². The Bertz CT molecular complexity index is 1610. The molecule has 3 rings (SSSR count). The van der Waals surface area contributed by atoms with Gasteiger partial charge in [0.1, 0.15) is 29.2 Å². The number of methoxy groups -OCH3 is 1. The fourth-order valence-electron chi connectivity index (χ4n) is 4.68. The third-order valence-electron chi connectivity index (χ3n) is 7.17. The predicted molar refractivity (Wildman–Crippen MR) is 173 cm³/mol. The number of rotatable bonds is 12. The van der Waals surface area contributed by atoms with Gasteiger partial charge >= 0.3 is 17.8 Å². The van der Waals surface area contributed by atoms with Gasteiger partial charge in [0.15, 0.2) is 24.6 Å². The average molecular weight is 720 g/mol. The Balaban J connectivity index is 1.86. The van der Waals surface area contributed by atoms with Crippen LogP contribution in [-0.2, 0) is 30.2 Å². The first-order chi connectivity index (χ1) is 22.4. The molecule has 1 aromatic heterocycles. The highest BCUT2D eigenvalue weighted by Crippen LogP contribution is 2.36. The number of hydrogen-bond donors (Lipinski definition) is 3. The van der Waals surface area contributed by atoms with Crippen molar-refractivity contribution in [1.29, 1.82) is 0 Å². The summed E-state index contributed by atoms with van der Waals surface area (Å²) in [5.41, 5.74) is -2.27. The maximum Gasteiger partial charge on any atom is 0.408 e. The molecule has 1 aromatic carbocycles. The monoisotopic (exact) mass is 718 g/mol. The van der Waals surface area contributed by atoms with Crippen LogP contribution in [0.15, 0.2) is 27.9 Å². The lowest BCUT2D eigenvalue weighted by Gasteiger charge is -2.27. The Labute approximate surface area is 286 Å². The number of aromatic nitrogens is 2. The second kappa shape index (κ2) is 16.1. The molecule has 1 saturated heterocycles. The van der Waals surface area contributed by atoms with Crippen LogP contribution in [0.1, 0.15) is 60.3 Å². The first kappa shape index (κ1) is 38.6. The molecule has 0 saturated carbocycles. The molecule has 6 atom stereocenters. The number of amides is 2. The molecular formula is C31H41Cl2FN4O10. The third-order valence-corrected chi connectivity index (χ3v) is 7.76. The van der Waals surface area contributed by atoms with Crippen molar-refractivity contribution < 1.29 is 42.5 Å². The summed E-state index contributed by atoms with van der Waals surface area (Å²) < 4.78 is 44.6. The molecule has 1 aliphatic heterocycles. The van der Waals surface area contributed by atoms with Gasteiger partial charge in [0.25, 0.3) is 11.5 Å². The fraction of sp³-hybridized carbons (Fsp3) is 0.581. The lowest BCUT2D eigenvalue weighted by atomic mass is 10.0. The SMILES string of the molecule is CCc1cn([C@@H]2O[C@H](CNC(=O)[C@@H](C)Oc3cc(OC)c(Cl)cc3Cl)[C@@H](OC(=O)[C@@H](NC(=O)OC(C)(C)C)C(C)C)[C@@H]2F)c(=O)[nH]c1=O. The van der Waals surface area contributed by atoms with Crippen molar-refractivity contribution in [3.05, 3.63) is 54.8 Å². The Morgan fingerprint density at radius 3 is 2.33 bits per heavy atom. The van der Waals surface area contributed by atoms with Crippen molar-refractivity contribution in [2.45, 2.75) is 97.2 Å². The minimum absolute atomic E-state index is 0.106. The number of nitrogens with one attached hydrogen (secondary N) is 3. The summed E-state index contributed by atoms with van der Waals surface area (Å²) in [6.07, 6.45) is -7.42. The van der Waals surface area contributed by atoms with Gasteiger partial charge in [-0.25, -0.2) is 18.8 Å². The van der Waals surface area contributed by atoms with Crippen molar-refractivity contribution in [3.63, 3.8) is 0 Å². The van der Waals surface area contributed by atoms with Gasteiger partial charge in [-0.3, -0.25) is 19.1 Å². The number of ether oxygens (including phenoxy) is 5. The van der Waals surface area contributed by atoms with Gasteiger partial charge in [0, 0.05) is 24.4 Å². The maximum absolute atomic E-state index is 16.2. The first-order valence-corrected chi connectivity index (χ1v) is 15.9. The second-order valence-corrected chi connectivity index (χ2v) is 13.2. The molecule has 266 valence electrons. The van der Waals surface area contributed by atoms with Crippen LogP contribution in [-0.4, -0.2) is 77.3 Å². The van der Waals surface area contributed by atoms with Gasteiger partial charge < -0.3 is 34.3 Å². The minimum Gasteiger partial charge on any atom is -0.495 e. The quantitative estimate of drug-likeness (QED) is 0.274. The highest BCUT2D eigenvalue weighted by molar-refractivity contribution is 6.36. The molecule has 0 radical (unpaired) electrons. The number of nitrogens with zero attached hydrogens (tertiary/aromatic N) is 1. The summed E-state index contributed by atoms with van der Waals surface area (Å²) in [4.78, 5) is 65.9. The maximum atomic E-state index is 16.2. The third kappa shape index (κ3) is 9.63. The van der Waals surface area contributed by atoms with Crippen LogP contribution in [0, 0.1) is 5.92 Å². The van der Waals surface area contributed by atoms with E-state index < -0.39 is 84.0 Å². The Hall–Kier alpha value is -3.82. The number of hydrogen-bond acceptors (Lipinski definition) is 10. The van der Waals surface area contributed by atoms with Crippen LogP contribution in [0.25, 0.3) is 0 Å². The number of carbonyl (C=O) groups excluding carboxylic acids is 3. The molecule has 1 aliphatic rings. The van der Waals surface area contributed by atoms with E-state index in [4.69, 9.17) is 46.9 Å². The summed E-state index contributed by atoms with van der Waals surface area (Å²) >= 11 is 12.3. The Morgan fingerprint density at radius 2 is 1.75 bits per heavy atom. The van der Waals surface area contributed by atoms with Crippen LogP contribution >= 0.6 is 23.2 Å². The number of alkyl halides is 1. The van der Waals surface area contributed by atoms with Gasteiger partial charge in [-0.2, -0.15) is 0 Å². The summed E-state index contributed by atoms with van der Waals surface area (Å²) in [5, 5.41) is 5.37. The van der Waals surface area contributed by atoms with Crippen LogP contribution in [0.3, 0.4) is 0 Å². The van der Waals surface area contributed by atoms with Gasteiger partial charge in [0.2, 0.25) is 0 Å². The zero-order chi connectivity index (χ0) is 36.1. The summed E-state index contributed by atoms with van der Waals surface area (Å²) in [6, 6.07) is 1.54. The van der Waals surface area contributed by atoms with Gasteiger partial charge in [-0.15, -0.1) is 0 Å². The first-order valence-electron chi connectivity index (χ1n) is 15.2. The smallest absolute Gasteiger partial charge is 0.408 e. The molecule has 2 amide bonds. The van der Waals surface area contributed by atoms with E-state index in [2.05, 4.69) is 15.6 Å². The highest BCUT2D eigenvalue weighted by Gasteiger charge is 2.50. The number of esters is 1. The normalized spacial score (nSPS) is 20.5. The van der Waals surface area contributed by atoms with Crippen LogP contribution in [0.2, 0.25) is 10.0 Å². The molecule has 2 heterocycles. The van der Waals surface area contributed by atoms with Crippen molar-refractivity contribution in [3.8, 4) is 11.5 Å². The zero-order valence-corrected chi connectivity index (χ0v) is 29.4. The summed E-state index contributed by atoms with van der Waals surface area (Å²) in [6.45, 7) is 10.9. The Morgan fingerprint density at radius 1 is 1.10 bits per heavy atom. The van der Waals surface area contributed by atoms with E-state index in [0.29, 0.717) is 0 Å². The minimum atomic E-state index is -2.15. The van der Waals surface area contributed by atoms with Gasteiger partial charge in [-0.05, 0) is 46.1 Å². The second-order valence-electron chi connectivity index (χ2n) is 12.4. The number of carbonyl (C=O) groups is 3. The number of benzene rings is 1. The van der Waals surface area contributed by atoms with Crippen molar-refractivity contribution in [1.82, 2.24) is 20.2 Å².